The Morgan fingerprint density at radius 1 is 1.15 bits per heavy atom. The van der Waals surface area contributed by atoms with Crippen LogP contribution in [0.25, 0.3) is 0 Å². The summed E-state index contributed by atoms with van der Waals surface area (Å²) in [4.78, 5) is 45.5. The molecule has 1 aromatic carbocycles. The number of benzene rings is 1. The fourth-order valence-corrected chi connectivity index (χ4v) is 2.08. The zero-order valence-corrected chi connectivity index (χ0v) is 15.2. The zero-order chi connectivity index (χ0) is 19.5. The third-order valence-corrected chi connectivity index (χ3v) is 3.55. The molecule has 26 heavy (non-hydrogen) atoms. The number of nitrogens with one attached hydrogen (secondary N) is 3. The number of esters is 1. The van der Waals surface area contributed by atoms with Crippen molar-refractivity contribution in [2.45, 2.75) is 39.8 Å². The van der Waals surface area contributed by atoms with E-state index in [4.69, 9.17) is 4.74 Å². The van der Waals surface area contributed by atoms with E-state index < -0.39 is 17.9 Å². The molecular formula is C18H25N3O5. The van der Waals surface area contributed by atoms with Crippen molar-refractivity contribution in [3.63, 3.8) is 0 Å². The Balaban J connectivity index is 2.46. The van der Waals surface area contributed by atoms with Gasteiger partial charge in [0.1, 0.15) is 12.6 Å². The third kappa shape index (κ3) is 7.33. The van der Waals surface area contributed by atoms with Gasteiger partial charge in [-0.05, 0) is 23.6 Å². The molecule has 8 nitrogen and oxygen atoms in total. The van der Waals surface area contributed by atoms with E-state index in [1.807, 2.05) is 0 Å². The summed E-state index contributed by atoms with van der Waals surface area (Å²) >= 11 is 0. The Morgan fingerprint density at radius 2 is 1.81 bits per heavy atom. The van der Waals surface area contributed by atoms with Crippen molar-refractivity contribution in [2.75, 3.05) is 11.9 Å². The summed E-state index contributed by atoms with van der Waals surface area (Å²) in [5, 5.41) is 7.56. The average Bonchev–Trinajstić information content (AvgIpc) is 2.63. The standard InChI is InChI=1S/C18H25N3O5/c1-4-16(24)26-10-13-5-7-14(8-6-13)21-15(23)9-19-18(25)17(12(2)3)20-11-22/h5-8,11-12,17H,4,9-10H2,1-3H3,(H,19,25)(H,20,22)(H,21,23). The monoisotopic (exact) mass is 363 g/mol. The lowest BCUT2D eigenvalue weighted by atomic mass is 10.0. The van der Waals surface area contributed by atoms with E-state index in [1.54, 1.807) is 45.0 Å². The van der Waals surface area contributed by atoms with Crippen LogP contribution in [0.15, 0.2) is 24.3 Å². The minimum absolute atomic E-state index is 0.0994. The van der Waals surface area contributed by atoms with Gasteiger partial charge < -0.3 is 20.7 Å². The molecule has 3 N–H and O–H groups in total. The van der Waals surface area contributed by atoms with Gasteiger partial charge in [-0.25, -0.2) is 0 Å². The first kappa shape index (κ1) is 21.1. The number of hydrogen-bond acceptors (Lipinski definition) is 5. The first-order valence-electron chi connectivity index (χ1n) is 8.39. The Labute approximate surface area is 152 Å². The molecule has 1 unspecified atom stereocenters. The Kier molecular flexibility index (Phi) is 8.83. The maximum Gasteiger partial charge on any atom is 0.305 e. The summed E-state index contributed by atoms with van der Waals surface area (Å²) < 4.78 is 5.02. The highest BCUT2D eigenvalue weighted by Gasteiger charge is 2.21. The van der Waals surface area contributed by atoms with E-state index in [0.29, 0.717) is 18.5 Å². The lowest BCUT2D eigenvalue weighted by Crippen LogP contribution is -2.48. The fourth-order valence-electron chi connectivity index (χ4n) is 2.08. The molecule has 8 heteroatoms. The highest BCUT2D eigenvalue weighted by molar-refractivity contribution is 5.95. The van der Waals surface area contributed by atoms with Gasteiger partial charge in [-0.1, -0.05) is 32.9 Å². The predicted molar refractivity (Wildman–Crippen MR) is 96.0 cm³/mol. The van der Waals surface area contributed by atoms with Gasteiger partial charge in [0.25, 0.3) is 0 Å². The predicted octanol–water partition coefficient (Wildman–Crippen LogP) is 0.965. The second-order valence-corrected chi connectivity index (χ2v) is 5.98. The second-order valence-electron chi connectivity index (χ2n) is 5.98. The summed E-state index contributed by atoms with van der Waals surface area (Å²) in [5.41, 5.74) is 1.36. The van der Waals surface area contributed by atoms with Crippen LogP contribution < -0.4 is 16.0 Å². The van der Waals surface area contributed by atoms with Crippen LogP contribution in [0.2, 0.25) is 0 Å². The van der Waals surface area contributed by atoms with Crippen molar-refractivity contribution in [3.05, 3.63) is 29.8 Å². The van der Waals surface area contributed by atoms with Crippen LogP contribution in [-0.2, 0) is 30.5 Å². The third-order valence-electron chi connectivity index (χ3n) is 3.55. The van der Waals surface area contributed by atoms with E-state index >= 15 is 0 Å². The molecule has 0 aliphatic carbocycles. The molecule has 0 aliphatic rings. The molecule has 0 saturated carbocycles. The normalized spacial score (nSPS) is 11.4. The van der Waals surface area contributed by atoms with Crippen molar-refractivity contribution in [3.8, 4) is 0 Å². The summed E-state index contributed by atoms with van der Waals surface area (Å²) in [6.45, 7) is 5.27. The smallest absolute Gasteiger partial charge is 0.305 e. The molecule has 0 fully saturated rings. The molecule has 1 aromatic rings. The van der Waals surface area contributed by atoms with Crippen molar-refractivity contribution in [1.29, 1.82) is 0 Å². The first-order valence-corrected chi connectivity index (χ1v) is 8.39. The van der Waals surface area contributed by atoms with Gasteiger partial charge >= 0.3 is 5.97 Å². The first-order chi connectivity index (χ1) is 12.4. The van der Waals surface area contributed by atoms with E-state index in [9.17, 15) is 19.2 Å². The van der Waals surface area contributed by atoms with Crippen LogP contribution in [0, 0.1) is 5.92 Å². The number of hydrogen-bond donors (Lipinski definition) is 3. The summed E-state index contributed by atoms with van der Waals surface area (Å²) in [6, 6.07) is 6.14. The summed E-state index contributed by atoms with van der Waals surface area (Å²) in [6.07, 6.45) is 0.781. The fraction of sp³-hybridized carbons (Fsp3) is 0.444. The highest BCUT2D eigenvalue weighted by atomic mass is 16.5. The van der Waals surface area contributed by atoms with Crippen LogP contribution in [-0.4, -0.2) is 36.8 Å². The van der Waals surface area contributed by atoms with Gasteiger partial charge in [-0.15, -0.1) is 0 Å². The van der Waals surface area contributed by atoms with Gasteiger partial charge in [-0.3, -0.25) is 19.2 Å². The van der Waals surface area contributed by atoms with E-state index in [0.717, 1.165) is 5.56 Å². The van der Waals surface area contributed by atoms with Gasteiger partial charge in [0.05, 0.1) is 6.54 Å². The SMILES string of the molecule is CCC(=O)OCc1ccc(NC(=O)CNC(=O)C(NC=O)C(C)C)cc1. The minimum atomic E-state index is -0.689. The minimum Gasteiger partial charge on any atom is -0.461 e. The van der Waals surface area contributed by atoms with E-state index in [2.05, 4.69) is 16.0 Å². The van der Waals surface area contributed by atoms with E-state index in [1.165, 1.54) is 0 Å². The van der Waals surface area contributed by atoms with Crippen LogP contribution in [0.3, 0.4) is 0 Å². The van der Waals surface area contributed by atoms with Crippen LogP contribution in [0.4, 0.5) is 5.69 Å². The zero-order valence-electron chi connectivity index (χ0n) is 15.2. The summed E-state index contributed by atoms with van der Waals surface area (Å²) in [7, 11) is 0. The molecule has 3 amide bonds. The molecule has 142 valence electrons. The molecule has 0 aliphatic heterocycles. The maximum atomic E-state index is 12.0. The van der Waals surface area contributed by atoms with Gasteiger partial charge in [0, 0.05) is 12.1 Å². The molecule has 0 spiro atoms. The second kappa shape index (κ2) is 10.9. The number of ether oxygens (including phenoxy) is 1. The van der Waals surface area contributed by atoms with Crippen molar-refractivity contribution >= 4 is 29.9 Å². The molecule has 0 bridgehead atoms. The van der Waals surface area contributed by atoms with Crippen molar-refractivity contribution in [2.24, 2.45) is 5.92 Å². The highest BCUT2D eigenvalue weighted by Crippen LogP contribution is 2.10. The van der Waals surface area contributed by atoms with Gasteiger partial charge in [0.15, 0.2) is 0 Å². The number of carbonyl (C=O) groups excluding carboxylic acids is 4. The lowest BCUT2D eigenvalue weighted by molar-refractivity contribution is -0.144. The number of carbonyl (C=O) groups is 4. The molecule has 0 radical (unpaired) electrons. The van der Waals surface area contributed by atoms with Crippen LogP contribution >= 0.6 is 0 Å². The molecule has 0 saturated heterocycles. The molecule has 0 aromatic heterocycles. The van der Waals surface area contributed by atoms with Crippen molar-refractivity contribution < 1.29 is 23.9 Å². The number of amides is 3. The Bertz CT molecular complexity index is 628. The van der Waals surface area contributed by atoms with Gasteiger partial charge in [-0.2, -0.15) is 0 Å². The maximum absolute atomic E-state index is 12.0. The van der Waals surface area contributed by atoms with Crippen LogP contribution in [0.5, 0.6) is 0 Å². The molecule has 1 atom stereocenters. The lowest BCUT2D eigenvalue weighted by Gasteiger charge is -2.19. The number of anilines is 1. The molecular weight excluding hydrogens is 338 g/mol. The largest absolute Gasteiger partial charge is 0.461 e. The van der Waals surface area contributed by atoms with Crippen LogP contribution in [0.1, 0.15) is 32.8 Å². The Morgan fingerprint density at radius 3 is 2.35 bits per heavy atom. The molecule has 1 rings (SSSR count). The van der Waals surface area contributed by atoms with Gasteiger partial charge in [0.2, 0.25) is 18.2 Å². The molecule has 0 heterocycles. The van der Waals surface area contributed by atoms with Crippen molar-refractivity contribution in [1.82, 2.24) is 10.6 Å². The number of rotatable bonds is 10. The topological polar surface area (TPSA) is 114 Å². The average molecular weight is 363 g/mol. The Hall–Kier alpha value is -2.90. The van der Waals surface area contributed by atoms with E-state index in [-0.39, 0.29) is 25.0 Å². The quantitative estimate of drug-likeness (QED) is 0.423. The summed E-state index contributed by atoms with van der Waals surface area (Å²) in [5.74, 6) is -1.19.